The molecule has 0 spiro atoms. The number of hydrogen-bond donors (Lipinski definition) is 2. The molecule has 0 aliphatic carbocycles. The zero-order valence-corrected chi connectivity index (χ0v) is 8.60. The van der Waals surface area contributed by atoms with Gasteiger partial charge >= 0.3 is 37.7 Å². The maximum absolute atomic E-state index is 10.1. The van der Waals surface area contributed by atoms with Crippen LogP contribution in [0.2, 0.25) is 0 Å². The van der Waals surface area contributed by atoms with Crippen LogP contribution in [0, 0.1) is 0 Å². The molecule has 1 unspecified atom stereocenters. The Morgan fingerprint density at radius 1 is 1.89 bits per heavy atom. The predicted octanol–water partition coefficient (Wildman–Crippen LogP) is 0.448. The third-order valence-electron chi connectivity index (χ3n) is 0.847. The molecule has 0 heterocycles. The Balaban J connectivity index is -0.0000000817. The van der Waals surface area contributed by atoms with Crippen molar-refractivity contribution in [1.82, 2.24) is 0 Å². The molecule has 0 aliphatic rings. The van der Waals surface area contributed by atoms with Crippen molar-refractivity contribution >= 4 is 55.5 Å². The van der Waals surface area contributed by atoms with Gasteiger partial charge in [0.25, 0.3) is 0 Å². The van der Waals surface area contributed by atoms with Crippen molar-refractivity contribution in [2.75, 3.05) is 0 Å². The van der Waals surface area contributed by atoms with E-state index in [-0.39, 0.29) is 40.6 Å². The molecule has 0 amide bonds. The van der Waals surface area contributed by atoms with E-state index in [1.807, 2.05) is 6.92 Å². The zero-order valence-electron chi connectivity index (χ0n) is 7.50. The molecular weight excluding hydrogens is 164 g/mol. The average Bonchev–Trinajstić information content (AvgIpc) is 1.67. The van der Waals surface area contributed by atoms with Crippen LogP contribution in [0.15, 0.2) is 0 Å². The average molecular weight is 176 g/mol. The minimum atomic E-state index is -0.858. The molecule has 0 rings (SSSR count). The molecule has 0 aromatic rings. The molecule has 0 bridgehead atoms. The van der Waals surface area contributed by atoms with Gasteiger partial charge in [-0.15, -0.1) is 12.6 Å². The van der Waals surface area contributed by atoms with Crippen LogP contribution in [0.4, 0.5) is 0 Å². The van der Waals surface area contributed by atoms with E-state index in [1.165, 1.54) is 0 Å². The van der Waals surface area contributed by atoms with Crippen molar-refractivity contribution in [3.63, 3.8) is 0 Å². The molecule has 1 atom stereocenters. The van der Waals surface area contributed by atoms with E-state index in [2.05, 4.69) is 12.6 Å². The second-order valence-electron chi connectivity index (χ2n) is 1.64. The molecule has 4 heteroatoms. The summed E-state index contributed by atoms with van der Waals surface area (Å²) in [5.41, 5.74) is 0. The van der Waals surface area contributed by atoms with Gasteiger partial charge in [0.05, 0.1) is 0 Å². The van der Waals surface area contributed by atoms with Crippen molar-refractivity contribution in [3.05, 3.63) is 0 Å². The monoisotopic (exact) mass is 176 g/mol. The molecule has 2 nitrogen and oxygen atoms in total. The van der Waals surface area contributed by atoms with E-state index in [9.17, 15) is 4.79 Å². The van der Waals surface area contributed by atoms with Crippen molar-refractivity contribution < 1.29 is 12.8 Å². The van der Waals surface area contributed by atoms with Crippen molar-refractivity contribution in [1.29, 1.82) is 0 Å². The summed E-state index contributed by atoms with van der Waals surface area (Å²) >= 11 is 3.44. The third kappa shape index (κ3) is 7.13. The fourth-order valence-electron chi connectivity index (χ4n) is 0.397. The number of aliphatic hydroxyl groups excluding tert-OH is 1. The zero-order chi connectivity index (χ0) is 6.57. The first-order chi connectivity index (χ1) is 3.68. The van der Waals surface area contributed by atoms with E-state index in [1.54, 1.807) is 0 Å². The quantitative estimate of drug-likeness (QED) is 0.484. The van der Waals surface area contributed by atoms with Gasteiger partial charge in [0.2, 0.25) is 5.12 Å². The fourth-order valence-corrected chi connectivity index (χ4v) is 0.526. The van der Waals surface area contributed by atoms with Crippen LogP contribution in [0.1, 0.15) is 22.6 Å². The second kappa shape index (κ2) is 7.35. The summed E-state index contributed by atoms with van der Waals surface area (Å²) in [6.45, 7) is 1.90. The van der Waals surface area contributed by atoms with Crippen molar-refractivity contribution in [2.45, 2.75) is 25.9 Å². The summed E-state index contributed by atoms with van der Waals surface area (Å²) < 4.78 is 0. The van der Waals surface area contributed by atoms with Crippen LogP contribution >= 0.6 is 12.6 Å². The third-order valence-corrected chi connectivity index (χ3v) is 1.15. The van der Waals surface area contributed by atoms with E-state index in [0.29, 0.717) is 6.42 Å². The second-order valence-corrected chi connectivity index (χ2v) is 2.08. The van der Waals surface area contributed by atoms with Crippen LogP contribution in [0.25, 0.3) is 0 Å². The number of carbonyl (C=O) groups excluding carboxylic acids is 1. The van der Waals surface area contributed by atoms with Crippen molar-refractivity contribution in [3.8, 4) is 0 Å². The van der Waals surface area contributed by atoms with Gasteiger partial charge in [-0.05, 0) is 6.42 Å². The predicted molar refractivity (Wildman–Crippen MR) is 42.9 cm³/mol. The minimum absolute atomic E-state index is 0. The molecule has 0 saturated heterocycles. The maximum atomic E-state index is 10.1. The summed E-state index contributed by atoms with van der Waals surface area (Å²) in [6.07, 6.45) is 0.471. The summed E-state index contributed by atoms with van der Waals surface area (Å²) in [5, 5.41) is 8.26. The number of thiol groups is 1. The molecule has 0 radical (unpaired) electrons. The van der Waals surface area contributed by atoms with Gasteiger partial charge in [-0.3, -0.25) is 4.79 Å². The van der Waals surface area contributed by atoms with E-state index < -0.39 is 11.2 Å². The van der Waals surface area contributed by atoms with Crippen LogP contribution in [0.5, 0.6) is 0 Å². The Labute approximate surface area is 93.4 Å². The molecule has 0 aliphatic heterocycles. The number of aliphatic hydroxyl groups is 1. The Kier molecular flexibility index (Phi) is 10.5. The SMILES string of the molecule is CCCC(O)C(=O)S.[Ca+2].[H-].[H-]. The molecule has 1 N–H and O–H groups in total. The summed E-state index contributed by atoms with van der Waals surface area (Å²) in [5.74, 6) is 0. The first-order valence-corrected chi connectivity index (χ1v) is 3.04. The molecule has 0 aromatic carbocycles. The van der Waals surface area contributed by atoms with Gasteiger partial charge in [0, 0.05) is 0 Å². The molecule has 9 heavy (non-hydrogen) atoms. The normalized spacial score (nSPS) is 11.9. The Bertz CT molecular complexity index is 94.6. The molecular formula is C5H12CaO2S. The van der Waals surface area contributed by atoms with Crippen molar-refractivity contribution in [2.24, 2.45) is 0 Å². The maximum Gasteiger partial charge on any atom is 2.00 e. The van der Waals surface area contributed by atoms with Gasteiger partial charge in [0.1, 0.15) is 6.10 Å². The summed E-state index contributed by atoms with van der Waals surface area (Å²) in [7, 11) is 0. The molecule has 0 fully saturated rings. The summed E-state index contributed by atoms with van der Waals surface area (Å²) in [4.78, 5) is 10.1. The number of hydrogen-bond acceptors (Lipinski definition) is 2. The first-order valence-electron chi connectivity index (χ1n) is 2.59. The van der Waals surface area contributed by atoms with E-state index in [4.69, 9.17) is 5.11 Å². The van der Waals surface area contributed by atoms with Crippen LogP contribution < -0.4 is 0 Å². The Morgan fingerprint density at radius 3 is 2.44 bits per heavy atom. The number of carbonyl (C=O) groups is 1. The van der Waals surface area contributed by atoms with Gasteiger partial charge in [-0.1, -0.05) is 13.3 Å². The topological polar surface area (TPSA) is 37.3 Å². The largest absolute Gasteiger partial charge is 2.00 e. The van der Waals surface area contributed by atoms with E-state index in [0.717, 1.165) is 6.42 Å². The van der Waals surface area contributed by atoms with Crippen LogP contribution in [0.3, 0.4) is 0 Å². The number of rotatable bonds is 3. The Hall–Kier alpha value is 1.24. The fraction of sp³-hybridized carbons (Fsp3) is 0.800. The smallest absolute Gasteiger partial charge is 1.00 e. The van der Waals surface area contributed by atoms with Gasteiger partial charge < -0.3 is 7.96 Å². The Morgan fingerprint density at radius 2 is 2.33 bits per heavy atom. The van der Waals surface area contributed by atoms with Gasteiger partial charge in [-0.2, -0.15) is 0 Å². The standard InChI is InChI=1S/C5H10O2S.Ca.2H/c1-2-3-4(6)5(7)8;;;/h4,6H,2-3H2,1H3,(H,7,8);;;/q;+2;2*-1. The van der Waals surface area contributed by atoms with Gasteiger partial charge in [0.15, 0.2) is 0 Å². The molecule has 0 saturated carbocycles. The van der Waals surface area contributed by atoms with Gasteiger partial charge in [-0.25, -0.2) is 0 Å². The first kappa shape index (κ1) is 12.9. The van der Waals surface area contributed by atoms with Crippen LogP contribution in [-0.4, -0.2) is 54.1 Å². The molecule has 0 aromatic heterocycles. The van der Waals surface area contributed by atoms with Crippen LogP contribution in [-0.2, 0) is 4.79 Å². The molecule has 52 valence electrons. The summed E-state index contributed by atoms with van der Waals surface area (Å²) in [6, 6.07) is 0. The minimum Gasteiger partial charge on any atom is -1.00 e. The van der Waals surface area contributed by atoms with E-state index >= 15 is 0 Å².